The van der Waals surface area contributed by atoms with Gasteiger partial charge in [0.1, 0.15) is 0 Å². The third kappa shape index (κ3) is 2.71. The summed E-state index contributed by atoms with van der Waals surface area (Å²) in [4.78, 5) is 7.64. The van der Waals surface area contributed by atoms with Crippen molar-refractivity contribution < 1.29 is 9.13 Å². The molecule has 0 radical (unpaired) electrons. The van der Waals surface area contributed by atoms with Gasteiger partial charge in [0, 0.05) is 0 Å². The highest BCUT2D eigenvalue weighted by Gasteiger charge is 2.10. The Balaban J connectivity index is 2.37. The van der Waals surface area contributed by atoms with Crippen LogP contribution in [-0.2, 0) is 0 Å². The first-order valence-corrected chi connectivity index (χ1v) is 5.57. The molecule has 0 aliphatic carbocycles. The molecule has 0 saturated carbocycles. The number of hydrogen-bond acceptors (Lipinski definition) is 4. The number of ether oxygens (including phenoxy) is 1. The third-order valence-corrected chi connectivity index (χ3v) is 2.57. The molecular formula is C11H9BrFN3O. The van der Waals surface area contributed by atoms with E-state index in [1.165, 1.54) is 12.3 Å². The second-order valence-corrected chi connectivity index (χ2v) is 4.27. The van der Waals surface area contributed by atoms with Crippen LogP contribution in [-0.4, -0.2) is 9.97 Å². The molecule has 0 unspecified atom stereocenters. The van der Waals surface area contributed by atoms with Gasteiger partial charge in [0.15, 0.2) is 11.6 Å². The number of aromatic nitrogens is 2. The zero-order valence-corrected chi connectivity index (χ0v) is 10.5. The van der Waals surface area contributed by atoms with E-state index in [0.29, 0.717) is 4.47 Å². The van der Waals surface area contributed by atoms with Crippen LogP contribution in [0.2, 0.25) is 0 Å². The Morgan fingerprint density at radius 3 is 2.94 bits per heavy atom. The molecule has 1 aromatic heterocycles. The van der Waals surface area contributed by atoms with Crippen LogP contribution < -0.4 is 10.5 Å². The summed E-state index contributed by atoms with van der Waals surface area (Å²) < 4.78 is 19.3. The summed E-state index contributed by atoms with van der Waals surface area (Å²) in [7, 11) is 0. The Kier molecular flexibility index (Phi) is 3.23. The van der Waals surface area contributed by atoms with Crippen LogP contribution in [0.1, 0.15) is 5.56 Å². The number of benzene rings is 1. The van der Waals surface area contributed by atoms with Crippen LogP contribution in [0.15, 0.2) is 28.9 Å². The lowest BCUT2D eigenvalue weighted by molar-refractivity contribution is 0.424. The molecule has 0 fully saturated rings. The monoisotopic (exact) mass is 297 g/mol. The molecule has 1 aromatic carbocycles. The number of nitrogens with zero attached hydrogens (tertiary/aromatic N) is 2. The second-order valence-electron chi connectivity index (χ2n) is 3.42. The lowest BCUT2D eigenvalue weighted by atomic mass is 10.2. The molecular weight excluding hydrogens is 289 g/mol. The molecule has 0 aliphatic rings. The molecule has 0 spiro atoms. The molecule has 6 heteroatoms. The van der Waals surface area contributed by atoms with Crippen molar-refractivity contribution >= 4 is 21.9 Å². The van der Waals surface area contributed by atoms with Crippen molar-refractivity contribution in [2.45, 2.75) is 6.92 Å². The summed E-state index contributed by atoms with van der Waals surface area (Å²) in [5.41, 5.74) is 6.32. The maximum absolute atomic E-state index is 13.5. The largest absolute Gasteiger partial charge is 0.435 e. The smallest absolute Gasteiger partial charge is 0.238 e. The average molecular weight is 298 g/mol. The van der Waals surface area contributed by atoms with E-state index in [1.807, 2.05) is 6.92 Å². The van der Waals surface area contributed by atoms with Crippen LogP contribution in [0.5, 0.6) is 11.6 Å². The van der Waals surface area contributed by atoms with E-state index in [4.69, 9.17) is 10.5 Å². The summed E-state index contributed by atoms with van der Waals surface area (Å²) in [5, 5.41) is 0. The van der Waals surface area contributed by atoms with E-state index in [2.05, 4.69) is 25.9 Å². The van der Waals surface area contributed by atoms with E-state index in [0.717, 1.165) is 5.56 Å². The van der Waals surface area contributed by atoms with Gasteiger partial charge in [0.05, 0.1) is 10.7 Å². The van der Waals surface area contributed by atoms with Crippen molar-refractivity contribution in [3.8, 4) is 11.6 Å². The number of nitrogens with two attached hydrogens (primary N) is 1. The molecule has 0 bridgehead atoms. The van der Waals surface area contributed by atoms with Gasteiger partial charge < -0.3 is 10.5 Å². The molecule has 2 rings (SSSR count). The number of halogens is 2. The van der Waals surface area contributed by atoms with E-state index in [1.54, 1.807) is 12.1 Å². The van der Waals surface area contributed by atoms with Crippen LogP contribution in [0, 0.1) is 12.7 Å². The lowest BCUT2D eigenvalue weighted by Gasteiger charge is -2.08. The van der Waals surface area contributed by atoms with Crippen LogP contribution in [0.4, 0.5) is 10.3 Å². The van der Waals surface area contributed by atoms with Gasteiger partial charge in [-0.2, -0.15) is 4.98 Å². The van der Waals surface area contributed by atoms with Crippen molar-refractivity contribution in [1.82, 2.24) is 9.97 Å². The van der Waals surface area contributed by atoms with Crippen molar-refractivity contribution in [3.63, 3.8) is 0 Å². The van der Waals surface area contributed by atoms with Gasteiger partial charge in [-0.3, -0.25) is 0 Å². The maximum Gasteiger partial charge on any atom is 0.238 e. The molecule has 0 saturated heterocycles. The minimum atomic E-state index is -0.459. The lowest BCUT2D eigenvalue weighted by Crippen LogP contribution is -1.98. The highest BCUT2D eigenvalue weighted by molar-refractivity contribution is 9.10. The van der Waals surface area contributed by atoms with Gasteiger partial charge in [-0.1, -0.05) is 6.07 Å². The predicted molar refractivity (Wildman–Crippen MR) is 65.4 cm³/mol. The van der Waals surface area contributed by atoms with Gasteiger partial charge in [-0.25, -0.2) is 9.37 Å². The first-order valence-electron chi connectivity index (χ1n) is 4.78. The van der Waals surface area contributed by atoms with Crippen LogP contribution >= 0.6 is 15.9 Å². The predicted octanol–water partition coefficient (Wildman–Crippen LogP) is 3.06. The Labute approximate surface area is 106 Å². The number of anilines is 1. The third-order valence-electron chi connectivity index (χ3n) is 2.02. The zero-order valence-electron chi connectivity index (χ0n) is 8.95. The Hall–Kier alpha value is -1.69. The Morgan fingerprint density at radius 1 is 1.41 bits per heavy atom. The number of hydrogen-bond donors (Lipinski definition) is 1. The van der Waals surface area contributed by atoms with Crippen molar-refractivity contribution in [1.29, 1.82) is 0 Å². The SMILES string of the molecule is Cc1ccc(F)c(Oc2nc(N)ncc2Br)c1. The normalized spacial score (nSPS) is 10.3. The molecule has 1 heterocycles. The van der Waals surface area contributed by atoms with E-state index >= 15 is 0 Å². The van der Waals surface area contributed by atoms with Crippen molar-refractivity contribution in [3.05, 3.63) is 40.2 Å². The topological polar surface area (TPSA) is 61.0 Å². The molecule has 2 N–H and O–H groups in total. The van der Waals surface area contributed by atoms with Gasteiger partial charge in [-0.05, 0) is 40.5 Å². The Bertz CT molecular complexity index is 513. The zero-order chi connectivity index (χ0) is 12.4. The van der Waals surface area contributed by atoms with Crippen molar-refractivity contribution in [2.24, 2.45) is 0 Å². The van der Waals surface area contributed by atoms with Gasteiger partial charge in [0.25, 0.3) is 0 Å². The summed E-state index contributed by atoms with van der Waals surface area (Å²) in [6.07, 6.45) is 1.45. The second kappa shape index (κ2) is 4.67. The fraction of sp³-hybridized carbons (Fsp3) is 0.0909. The highest BCUT2D eigenvalue weighted by atomic mass is 79.9. The minimum Gasteiger partial charge on any atom is -0.435 e. The quantitative estimate of drug-likeness (QED) is 0.925. The van der Waals surface area contributed by atoms with Gasteiger partial charge >= 0.3 is 0 Å². The number of aryl methyl sites for hydroxylation is 1. The first-order chi connectivity index (χ1) is 8.06. The highest BCUT2D eigenvalue weighted by Crippen LogP contribution is 2.29. The van der Waals surface area contributed by atoms with Gasteiger partial charge in [-0.15, -0.1) is 0 Å². The first kappa shape index (κ1) is 11.8. The molecule has 88 valence electrons. The fourth-order valence-corrected chi connectivity index (χ4v) is 1.50. The molecule has 0 atom stereocenters. The van der Waals surface area contributed by atoms with E-state index < -0.39 is 5.82 Å². The molecule has 17 heavy (non-hydrogen) atoms. The minimum absolute atomic E-state index is 0.0660. The molecule has 4 nitrogen and oxygen atoms in total. The number of nitrogen functional groups attached to an aromatic ring is 1. The van der Waals surface area contributed by atoms with E-state index in [-0.39, 0.29) is 17.6 Å². The summed E-state index contributed by atoms with van der Waals surface area (Å²) in [6.45, 7) is 1.84. The fourth-order valence-electron chi connectivity index (χ4n) is 1.23. The summed E-state index contributed by atoms with van der Waals surface area (Å²) in [6, 6.07) is 4.58. The van der Waals surface area contributed by atoms with E-state index in [9.17, 15) is 4.39 Å². The Morgan fingerprint density at radius 2 is 2.18 bits per heavy atom. The maximum atomic E-state index is 13.5. The standard InChI is InChI=1S/C11H9BrFN3O/c1-6-2-3-8(13)9(4-6)17-10-7(12)5-15-11(14)16-10/h2-5H,1H3,(H2,14,15,16). The van der Waals surface area contributed by atoms with Crippen molar-refractivity contribution in [2.75, 3.05) is 5.73 Å². The summed E-state index contributed by atoms with van der Waals surface area (Å²) in [5.74, 6) is -0.109. The molecule has 2 aromatic rings. The summed E-state index contributed by atoms with van der Waals surface area (Å²) >= 11 is 3.20. The molecule has 0 aliphatic heterocycles. The molecule has 0 amide bonds. The van der Waals surface area contributed by atoms with Crippen LogP contribution in [0.25, 0.3) is 0 Å². The van der Waals surface area contributed by atoms with Crippen LogP contribution in [0.3, 0.4) is 0 Å². The van der Waals surface area contributed by atoms with Gasteiger partial charge in [0.2, 0.25) is 11.8 Å². The number of rotatable bonds is 2. The average Bonchev–Trinajstić information content (AvgIpc) is 2.28.